The van der Waals surface area contributed by atoms with Crippen molar-refractivity contribution < 1.29 is 9.90 Å². The molecule has 0 atom stereocenters. The quantitative estimate of drug-likeness (QED) is 0.664. The van der Waals surface area contributed by atoms with E-state index in [2.05, 4.69) is 11.9 Å². The molecule has 0 unspecified atom stereocenters. The molecule has 104 valence electrons. The van der Waals surface area contributed by atoms with Crippen LogP contribution in [0.15, 0.2) is 24.4 Å². The first-order valence-corrected chi connectivity index (χ1v) is 7.10. The molecule has 1 N–H and O–H groups in total. The summed E-state index contributed by atoms with van der Waals surface area (Å²) in [5, 5.41) is 8.99. The number of carboxylic acids is 1. The van der Waals surface area contributed by atoms with E-state index in [4.69, 9.17) is 5.11 Å². The second-order valence-electron chi connectivity index (χ2n) is 4.71. The van der Waals surface area contributed by atoms with E-state index in [0.29, 0.717) is 5.56 Å². The fraction of sp³-hybridized carbons (Fsp3) is 0.500. The number of nitrogens with zero attached hydrogens (tertiary/aromatic N) is 1. The molecule has 0 aliphatic carbocycles. The van der Waals surface area contributed by atoms with Crippen LogP contribution in [-0.2, 0) is 0 Å². The number of carboxylic acid groups (broad SMARTS) is 1. The molecule has 0 bridgehead atoms. The van der Waals surface area contributed by atoms with E-state index < -0.39 is 5.97 Å². The highest BCUT2D eigenvalue weighted by Gasteiger charge is 2.07. The first-order valence-electron chi connectivity index (χ1n) is 7.10. The average Bonchev–Trinajstić information content (AvgIpc) is 2.42. The molecule has 0 aliphatic rings. The normalized spacial score (nSPS) is 11.0. The lowest BCUT2D eigenvalue weighted by Gasteiger charge is -1.99. The fourth-order valence-electron chi connectivity index (χ4n) is 1.98. The highest BCUT2D eigenvalue weighted by molar-refractivity contribution is 5.89. The van der Waals surface area contributed by atoms with Crippen LogP contribution in [0.4, 0.5) is 0 Å². The number of hydrogen-bond donors (Lipinski definition) is 1. The third-order valence-electron chi connectivity index (χ3n) is 3.06. The summed E-state index contributed by atoms with van der Waals surface area (Å²) in [6.07, 6.45) is 14.1. The molecule has 0 amide bonds. The van der Waals surface area contributed by atoms with E-state index in [1.54, 1.807) is 12.1 Å². The number of unbranched alkanes of at least 4 members (excludes halogenated alkanes) is 6. The van der Waals surface area contributed by atoms with Crippen LogP contribution in [0.5, 0.6) is 0 Å². The molecule has 0 spiro atoms. The monoisotopic (exact) mass is 261 g/mol. The van der Waals surface area contributed by atoms with Gasteiger partial charge in [-0.2, -0.15) is 0 Å². The topological polar surface area (TPSA) is 50.2 Å². The maximum Gasteiger partial charge on any atom is 0.355 e. The lowest BCUT2D eigenvalue weighted by Crippen LogP contribution is -2.02. The van der Waals surface area contributed by atoms with Gasteiger partial charge in [0.25, 0.3) is 0 Å². The van der Waals surface area contributed by atoms with Gasteiger partial charge in [-0.05, 0) is 18.9 Å². The SMILES string of the molecule is CCCCCCCC/C=C/c1cccnc1C(=O)O. The number of aromatic carboxylic acids is 1. The molecule has 3 nitrogen and oxygen atoms in total. The maximum absolute atomic E-state index is 11.0. The highest BCUT2D eigenvalue weighted by atomic mass is 16.4. The van der Waals surface area contributed by atoms with Gasteiger partial charge in [0.15, 0.2) is 5.69 Å². The zero-order valence-electron chi connectivity index (χ0n) is 11.6. The zero-order valence-corrected chi connectivity index (χ0v) is 11.6. The number of hydrogen-bond acceptors (Lipinski definition) is 2. The summed E-state index contributed by atoms with van der Waals surface area (Å²) in [5.74, 6) is -0.972. The third-order valence-corrected chi connectivity index (χ3v) is 3.06. The van der Waals surface area contributed by atoms with Crippen LogP contribution in [0.1, 0.15) is 67.9 Å². The first-order chi connectivity index (χ1) is 9.25. The largest absolute Gasteiger partial charge is 0.476 e. The standard InChI is InChI=1S/C16H23NO2/c1-2-3-4-5-6-7-8-9-11-14-12-10-13-17-15(14)16(18)19/h9-13H,2-8H2,1H3,(H,18,19)/b11-9+. The molecular weight excluding hydrogens is 238 g/mol. The molecule has 1 heterocycles. The fourth-order valence-corrected chi connectivity index (χ4v) is 1.98. The minimum Gasteiger partial charge on any atom is -0.476 e. The molecule has 0 saturated carbocycles. The van der Waals surface area contributed by atoms with Gasteiger partial charge >= 0.3 is 5.97 Å². The molecular formula is C16H23NO2. The van der Waals surface area contributed by atoms with Gasteiger partial charge in [0.1, 0.15) is 0 Å². The van der Waals surface area contributed by atoms with Crippen LogP contribution >= 0.6 is 0 Å². The smallest absolute Gasteiger partial charge is 0.355 e. The van der Waals surface area contributed by atoms with Gasteiger partial charge in [0, 0.05) is 11.8 Å². The van der Waals surface area contributed by atoms with E-state index >= 15 is 0 Å². The molecule has 0 aromatic carbocycles. The van der Waals surface area contributed by atoms with Gasteiger partial charge in [-0.25, -0.2) is 9.78 Å². The van der Waals surface area contributed by atoms with Crippen LogP contribution in [0.3, 0.4) is 0 Å². The van der Waals surface area contributed by atoms with Crippen molar-refractivity contribution in [1.29, 1.82) is 0 Å². The lowest BCUT2D eigenvalue weighted by molar-refractivity contribution is 0.0690. The Hall–Kier alpha value is -1.64. The van der Waals surface area contributed by atoms with Crippen molar-refractivity contribution in [2.24, 2.45) is 0 Å². The van der Waals surface area contributed by atoms with Crippen LogP contribution in [-0.4, -0.2) is 16.1 Å². The maximum atomic E-state index is 11.0. The Morgan fingerprint density at radius 1 is 1.26 bits per heavy atom. The summed E-state index contributed by atoms with van der Waals surface area (Å²) in [6.45, 7) is 2.22. The van der Waals surface area contributed by atoms with Crippen molar-refractivity contribution in [3.8, 4) is 0 Å². The van der Waals surface area contributed by atoms with Crippen LogP contribution in [0, 0.1) is 0 Å². The van der Waals surface area contributed by atoms with Crippen molar-refractivity contribution in [2.45, 2.75) is 51.9 Å². The van der Waals surface area contributed by atoms with Gasteiger partial charge in [0.05, 0.1) is 0 Å². The van der Waals surface area contributed by atoms with Gasteiger partial charge in [-0.15, -0.1) is 0 Å². The van der Waals surface area contributed by atoms with Crippen molar-refractivity contribution in [3.05, 3.63) is 35.7 Å². The van der Waals surface area contributed by atoms with Crippen molar-refractivity contribution >= 4 is 12.0 Å². The van der Waals surface area contributed by atoms with E-state index in [-0.39, 0.29) is 5.69 Å². The van der Waals surface area contributed by atoms with Gasteiger partial charge in [-0.1, -0.05) is 57.2 Å². The molecule has 1 rings (SSSR count). The summed E-state index contributed by atoms with van der Waals surface area (Å²) in [6, 6.07) is 3.55. The second-order valence-corrected chi connectivity index (χ2v) is 4.71. The Balaban J connectivity index is 2.31. The summed E-state index contributed by atoms with van der Waals surface area (Å²) in [4.78, 5) is 14.8. The molecule has 0 saturated heterocycles. The van der Waals surface area contributed by atoms with Gasteiger partial charge in [0.2, 0.25) is 0 Å². The van der Waals surface area contributed by atoms with Crippen LogP contribution in [0.2, 0.25) is 0 Å². The minimum atomic E-state index is -0.972. The summed E-state index contributed by atoms with van der Waals surface area (Å²) in [7, 11) is 0. The Labute approximate surface area is 115 Å². The van der Waals surface area contributed by atoms with Crippen molar-refractivity contribution in [2.75, 3.05) is 0 Å². The number of aromatic nitrogens is 1. The number of carbonyl (C=O) groups is 1. The summed E-state index contributed by atoms with van der Waals surface area (Å²) in [5.41, 5.74) is 0.808. The molecule has 3 heteroatoms. The highest BCUT2D eigenvalue weighted by Crippen LogP contribution is 2.11. The lowest BCUT2D eigenvalue weighted by atomic mass is 10.1. The second kappa shape index (κ2) is 9.31. The summed E-state index contributed by atoms with van der Waals surface area (Å²) >= 11 is 0. The van der Waals surface area contributed by atoms with Gasteiger partial charge < -0.3 is 5.11 Å². The molecule has 0 aliphatic heterocycles. The molecule has 1 aromatic rings. The average molecular weight is 261 g/mol. The Morgan fingerprint density at radius 3 is 2.74 bits per heavy atom. The molecule has 19 heavy (non-hydrogen) atoms. The number of pyridine rings is 1. The first kappa shape index (κ1) is 15.4. The number of rotatable bonds is 9. The van der Waals surface area contributed by atoms with E-state index in [1.165, 1.54) is 44.7 Å². The van der Waals surface area contributed by atoms with E-state index in [1.807, 2.05) is 12.2 Å². The Kier molecular flexibility index (Phi) is 7.56. The Bertz CT molecular complexity index is 413. The Morgan fingerprint density at radius 2 is 2.00 bits per heavy atom. The number of allylic oxidation sites excluding steroid dienone is 1. The predicted octanol–water partition coefficient (Wildman–Crippen LogP) is 4.54. The molecule has 0 fully saturated rings. The molecule has 0 radical (unpaired) electrons. The molecule has 1 aromatic heterocycles. The third kappa shape index (κ3) is 6.18. The van der Waals surface area contributed by atoms with Gasteiger partial charge in [-0.3, -0.25) is 0 Å². The van der Waals surface area contributed by atoms with E-state index in [0.717, 1.165) is 6.42 Å². The van der Waals surface area contributed by atoms with Crippen molar-refractivity contribution in [3.63, 3.8) is 0 Å². The van der Waals surface area contributed by atoms with Crippen molar-refractivity contribution in [1.82, 2.24) is 4.98 Å². The van der Waals surface area contributed by atoms with E-state index in [9.17, 15) is 4.79 Å². The summed E-state index contributed by atoms with van der Waals surface area (Å²) < 4.78 is 0. The minimum absolute atomic E-state index is 0.127. The van der Waals surface area contributed by atoms with Crippen LogP contribution < -0.4 is 0 Å². The zero-order chi connectivity index (χ0) is 13.9. The predicted molar refractivity (Wildman–Crippen MR) is 78.2 cm³/mol. The van der Waals surface area contributed by atoms with Crippen LogP contribution in [0.25, 0.3) is 6.08 Å².